The second kappa shape index (κ2) is 5.17. The maximum absolute atomic E-state index is 2.53. The first-order valence-electron chi connectivity index (χ1n) is 6.53. The summed E-state index contributed by atoms with van der Waals surface area (Å²) in [5.74, 6) is 0. The highest BCUT2D eigenvalue weighted by atomic mass is 127. The molecule has 2 rings (SSSR count). The Kier molecular flexibility index (Phi) is 4.01. The molecule has 0 bridgehead atoms. The molecular weight excluding hydrogens is 321 g/mol. The Balaban J connectivity index is 2.24. The van der Waals surface area contributed by atoms with Crippen molar-refractivity contribution in [3.8, 4) is 0 Å². The minimum Gasteiger partial charge on any atom is -0.372 e. The Morgan fingerprint density at radius 2 is 1.71 bits per heavy atom. The van der Waals surface area contributed by atoms with Gasteiger partial charge in [0.15, 0.2) is 0 Å². The molecular formula is C15H22IN. The molecule has 0 radical (unpaired) electrons. The Hall–Kier alpha value is -0.250. The molecule has 1 fully saturated rings. The lowest BCUT2D eigenvalue weighted by Crippen LogP contribution is -2.29. The van der Waals surface area contributed by atoms with Gasteiger partial charge in [0.25, 0.3) is 0 Å². The molecule has 1 aliphatic heterocycles. The SMILES string of the molecule is CC(C)(C)c1ccc(N2CCCCC2)cc1I. The third-order valence-electron chi connectivity index (χ3n) is 3.48. The van der Waals surface area contributed by atoms with Crippen molar-refractivity contribution in [2.45, 2.75) is 45.4 Å². The van der Waals surface area contributed by atoms with Gasteiger partial charge in [-0.15, -0.1) is 0 Å². The van der Waals surface area contributed by atoms with Gasteiger partial charge in [0.05, 0.1) is 0 Å². The van der Waals surface area contributed by atoms with Crippen molar-refractivity contribution in [1.82, 2.24) is 0 Å². The molecule has 0 aromatic heterocycles. The number of piperidine rings is 1. The van der Waals surface area contributed by atoms with Gasteiger partial charge in [0.1, 0.15) is 0 Å². The molecule has 1 nitrogen and oxygen atoms in total. The van der Waals surface area contributed by atoms with Gasteiger partial charge in [0.2, 0.25) is 0 Å². The molecule has 1 aromatic carbocycles. The van der Waals surface area contributed by atoms with Gasteiger partial charge in [-0.1, -0.05) is 26.8 Å². The topological polar surface area (TPSA) is 3.24 Å². The van der Waals surface area contributed by atoms with E-state index in [4.69, 9.17) is 0 Å². The molecule has 1 saturated heterocycles. The zero-order valence-corrected chi connectivity index (χ0v) is 13.3. The van der Waals surface area contributed by atoms with Gasteiger partial charge in [-0.3, -0.25) is 0 Å². The zero-order chi connectivity index (χ0) is 12.5. The molecule has 0 amide bonds. The minimum atomic E-state index is 0.247. The largest absolute Gasteiger partial charge is 0.372 e. The average Bonchev–Trinajstić information content (AvgIpc) is 2.28. The van der Waals surface area contributed by atoms with E-state index in [1.807, 2.05) is 0 Å². The fraction of sp³-hybridized carbons (Fsp3) is 0.600. The minimum absolute atomic E-state index is 0.247. The highest BCUT2D eigenvalue weighted by molar-refractivity contribution is 14.1. The number of anilines is 1. The fourth-order valence-corrected chi connectivity index (χ4v) is 3.77. The lowest BCUT2D eigenvalue weighted by Gasteiger charge is -2.30. The predicted octanol–water partition coefficient (Wildman–Crippen LogP) is 4.58. The van der Waals surface area contributed by atoms with Crippen molar-refractivity contribution in [2.75, 3.05) is 18.0 Å². The van der Waals surface area contributed by atoms with Crippen LogP contribution in [-0.4, -0.2) is 13.1 Å². The van der Waals surface area contributed by atoms with E-state index in [0.717, 1.165) is 0 Å². The molecule has 1 aromatic rings. The van der Waals surface area contributed by atoms with E-state index in [-0.39, 0.29) is 5.41 Å². The van der Waals surface area contributed by atoms with Crippen molar-refractivity contribution >= 4 is 28.3 Å². The lowest BCUT2D eigenvalue weighted by atomic mass is 9.87. The summed E-state index contributed by atoms with van der Waals surface area (Å²) >= 11 is 2.48. The number of halogens is 1. The summed E-state index contributed by atoms with van der Waals surface area (Å²) in [7, 11) is 0. The van der Waals surface area contributed by atoms with Crippen LogP contribution in [0.5, 0.6) is 0 Å². The summed E-state index contributed by atoms with van der Waals surface area (Å²) in [5.41, 5.74) is 3.11. The maximum Gasteiger partial charge on any atom is 0.0377 e. The molecule has 1 aliphatic rings. The van der Waals surface area contributed by atoms with Crippen LogP contribution in [-0.2, 0) is 5.41 Å². The van der Waals surface area contributed by atoms with Gasteiger partial charge in [-0.2, -0.15) is 0 Å². The molecule has 1 heterocycles. The summed E-state index contributed by atoms with van der Waals surface area (Å²) in [6.07, 6.45) is 4.09. The standard InChI is InChI=1S/C15H22IN/c1-15(2,3)13-8-7-12(11-14(13)16)17-9-5-4-6-10-17/h7-8,11H,4-6,9-10H2,1-3H3. The highest BCUT2D eigenvalue weighted by Crippen LogP contribution is 2.31. The van der Waals surface area contributed by atoms with Crippen LogP contribution in [0.4, 0.5) is 5.69 Å². The van der Waals surface area contributed by atoms with E-state index in [9.17, 15) is 0 Å². The van der Waals surface area contributed by atoms with Crippen molar-refractivity contribution in [3.63, 3.8) is 0 Å². The van der Waals surface area contributed by atoms with E-state index in [2.05, 4.69) is 66.5 Å². The zero-order valence-electron chi connectivity index (χ0n) is 11.1. The molecule has 0 N–H and O–H groups in total. The Morgan fingerprint density at radius 1 is 1.06 bits per heavy atom. The van der Waals surface area contributed by atoms with E-state index < -0.39 is 0 Å². The van der Waals surface area contributed by atoms with Crippen LogP contribution in [0.3, 0.4) is 0 Å². The first kappa shape index (κ1) is 13.2. The lowest BCUT2D eigenvalue weighted by molar-refractivity contribution is 0.574. The Bertz CT molecular complexity index is 386. The predicted molar refractivity (Wildman–Crippen MR) is 83.9 cm³/mol. The van der Waals surface area contributed by atoms with Gasteiger partial charge >= 0.3 is 0 Å². The molecule has 0 spiro atoms. The van der Waals surface area contributed by atoms with Gasteiger partial charge in [0, 0.05) is 22.3 Å². The summed E-state index contributed by atoms with van der Waals surface area (Å²) in [5, 5.41) is 0. The fourth-order valence-electron chi connectivity index (χ4n) is 2.46. The first-order valence-corrected chi connectivity index (χ1v) is 7.61. The van der Waals surface area contributed by atoms with E-state index in [1.165, 1.54) is 47.2 Å². The normalized spacial score (nSPS) is 17.3. The van der Waals surface area contributed by atoms with Gasteiger partial charge in [-0.05, 0) is 65.0 Å². The van der Waals surface area contributed by atoms with E-state index in [1.54, 1.807) is 0 Å². The number of hydrogen-bond acceptors (Lipinski definition) is 1. The first-order chi connectivity index (χ1) is 7.98. The summed E-state index contributed by atoms with van der Waals surface area (Å²) in [4.78, 5) is 2.53. The molecule has 0 saturated carbocycles. The number of rotatable bonds is 1. The second-order valence-electron chi connectivity index (χ2n) is 5.96. The molecule has 17 heavy (non-hydrogen) atoms. The Morgan fingerprint density at radius 3 is 2.24 bits per heavy atom. The average molecular weight is 343 g/mol. The third kappa shape index (κ3) is 3.15. The summed E-state index contributed by atoms with van der Waals surface area (Å²) < 4.78 is 1.40. The van der Waals surface area contributed by atoms with Crippen LogP contribution in [0.15, 0.2) is 18.2 Å². The van der Waals surface area contributed by atoms with Gasteiger partial charge in [-0.25, -0.2) is 0 Å². The molecule has 94 valence electrons. The van der Waals surface area contributed by atoms with Gasteiger partial charge < -0.3 is 4.90 Å². The van der Waals surface area contributed by atoms with E-state index >= 15 is 0 Å². The number of benzene rings is 1. The van der Waals surface area contributed by atoms with Crippen LogP contribution >= 0.6 is 22.6 Å². The molecule has 0 atom stereocenters. The van der Waals surface area contributed by atoms with Crippen molar-refractivity contribution < 1.29 is 0 Å². The number of nitrogens with zero attached hydrogens (tertiary/aromatic N) is 1. The molecule has 0 aliphatic carbocycles. The maximum atomic E-state index is 2.53. The van der Waals surface area contributed by atoms with Crippen molar-refractivity contribution in [3.05, 3.63) is 27.3 Å². The smallest absolute Gasteiger partial charge is 0.0377 e. The van der Waals surface area contributed by atoms with E-state index in [0.29, 0.717) is 0 Å². The highest BCUT2D eigenvalue weighted by Gasteiger charge is 2.18. The van der Waals surface area contributed by atoms with Crippen LogP contribution < -0.4 is 4.90 Å². The van der Waals surface area contributed by atoms with Crippen LogP contribution in [0.1, 0.15) is 45.6 Å². The molecule has 0 unspecified atom stereocenters. The monoisotopic (exact) mass is 343 g/mol. The van der Waals surface area contributed by atoms with Crippen molar-refractivity contribution in [1.29, 1.82) is 0 Å². The number of hydrogen-bond donors (Lipinski definition) is 0. The van der Waals surface area contributed by atoms with Crippen LogP contribution in [0.2, 0.25) is 0 Å². The second-order valence-corrected chi connectivity index (χ2v) is 7.12. The quantitative estimate of drug-likeness (QED) is 0.675. The van der Waals surface area contributed by atoms with Crippen LogP contribution in [0.25, 0.3) is 0 Å². The Labute approximate surface area is 119 Å². The summed E-state index contributed by atoms with van der Waals surface area (Å²) in [6, 6.07) is 6.96. The third-order valence-corrected chi connectivity index (χ3v) is 4.37. The summed E-state index contributed by atoms with van der Waals surface area (Å²) in [6.45, 7) is 9.30. The van der Waals surface area contributed by atoms with Crippen molar-refractivity contribution in [2.24, 2.45) is 0 Å². The molecule has 2 heteroatoms. The van der Waals surface area contributed by atoms with Crippen LogP contribution in [0, 0.1) is 3.57 Å².